The molecule has 0 spiro atoms. The zero-order valence-electron chi connectivity index (χ0n) is 12.7. The van der Waals surface area contributed by atoms with Gasteiger partial charge in [-0.05, 0) is 24.4 Å². The number of aliphatic imine (C=N–C) groups is 1. The lowest BCUT2D eigenvalue weighted by atomic mass is 10.0. The molecule has 0 radical (unpaired) electrons. The summed E-state index contributed by atoms with van der Waals surface area (Å²) in [7, 11) is 1.31. The molecule has 0 saturated heterocycles. The average molecular weight is 305 g/mol. The zero-order valence-corrected chi connectivity index (χ0v) is 12.7. The quantitative estimate of drug-likeness (QED) is 0.629. The minimum absolute atomic E-state index is 0.0295. The second-order valence-electron chi connectivity index (χ2n) is 4.65. The summed E-state index contributed by atoms with van der Waals surface area (Å²) in [5, 5.41) is 9.22. The molecule has 0 saturated carbocycles. The highest BCUT2D eigenvalue weighted by Gasteiger charge is 2.14. The molecule has 0 bridgehead atoms. The Balaban J connectivity index is 2.54. The van der Waals surface area contributed by atoms with Gasteiger partial charge in [-0.1, -0.05) is 30.3 Å². The van der Waals surface area contributed by atoms with Crippen LogP contribution in [0.5, 0.6) is 0 Å². The van der Waals surface area contributed by atoms with E-state index in [4.69, 9.17) is 4.74 Å². The van der Waals surface area contributed by atoms with E-state index in [1.54, 1.807) is 12.1 Å². The molecule has 114 valence electrons. The first-order valence-electron chi connectivity index (χ1n) is 6.88. The van der Waals surface area contributed by atoms with Gasteiger partial charge < -0.3 is 4.74 Å². The number of methoxy groups -OCH3 is 1. The van der Waals surface area contributed by atoms with Crippen LogP contribution in [0, 0.1) is 11.3 Å². The maximum absolute atomic E-state index is 11.6. The predicted molar refractivity (Wildman–Crippen MR) is 88.5 cm³/mol. The normalized spacial score (nSPS) is 10.7. The Morgan fingerprint density at radius 1 is 1.39 bits per heavy atom. The number of aromatic nitrogens is 1. The molecule has 0 amide bonds. The lowest BCUT2D eigenvalue weighted by molar-refractivity contribution is -0.139. The highest BCUT2D eigenvalue weighted by molar-refractivity contribution is 5.85. The summed E-state index contributed by atoms with van der Waals surface area (Å²) in [5.74, 6) is -0.433. The first kappa shape index (κ1) is 16.1. The molecule has 5 heteroatoms. The molecule has 0 aliphatic heterocycles. The third-order valence-corrected chi connectivity index (χ3v) is 3.28. The Hall–Kier alpha value is -3.26. The molecule has 0 N–H and O–H groups in total. The maximum Gasteiger partial charge on any atom is 0.310 e. The average Bonchev–Trinajstić information content (AvgIpc) is 2.61. The Morgan fingerprint density at radius 2 is 2.13 bits per heavy atom. The number of nitrogens with zero attached hydrogens (tertiary/aromatic N) is 3. The SMILES string of the molecule is C=NC(=Cc1ccnc(C#N)c1CC(=O)OC)c1ccccc1. The summed E-state index contributed by atoms with van der Waals surface area (Å²) in [5.41, 5.74) is 2.93. The fourth-order valence-corrected chi connectivity index (χ4v) is 2.12. The van der Waals surface area contributed by atoms with Crippen molar-refractivity contribution in [3.63, 3.8) is 0 Å². The summed E-state index contributed by atoms with van der Waals surface area (Å²) < 4.78 is 4.69. The fourth-order valence-electron chi connectivity index (χ4n) is 2.12. The molecule has 1 aromatic carbocycles. The van der Waals surface area contributed by atoms with Gasteiger partial charge >= 0.3 is 5.97 Å². The first-order valence-corrected chi connectivity index (χ1v) is 6.88. The van der Waals surface area contributed by atoms with Gasteiger partial charge in [0.25, 0.3) is 0 Å². The monoisotopic (exact) mass is 305 g/mol. The van der Waals surface area contributed by atoms with Gasteiger partial charge in [0, 0.05) is 17.3 Å². The van der Waals surface area contributed by atoms with E-state index in [9.17, 15) is 10.1 Å². The van der Waals surface area contributed by atoms with E-state index in [-0.39, 0.29) is 12.1 Å². The van der Waals surface area contributed by atoms with Gasteiger partial charge in [-0.3, -0.25) is 9.79 Å². The van der Waals surface area contributed by atoms with Crippen molar-refractivity contribution >= 4 is 24.5 Å². The Labute approximate surface area is 134 Å². The van der Waals surface area contributed by atoms with Gasteiger partial charge in [-0.15, -0.1) is 0 Å². The molecule has 2 rings (SSSR count). The van der Waals surface area contributed by atoms with Crippen molar-refractivity contribution in [3.8, 4) is 6.07 Å². The number of carbonyl (C=O) groups is 1. The van der Waals surface area contributed by atoms with Gasteiger partial charge in [0.05, 0.1) is 19.2 Å². The summed E-state index contributed by atoms with van der Waals surface area (Å²) in [6.45, 7) is 3.59. The van der Waals surface area contributed by atoms with E-state index >= 15 is 0 Å². The van der Waals surface area contributed by atoms with Crippen molar-refractivity contribution in [2.75, 3.05) is 7.11 Å². The minimum atomic E-state index is -0.433. The number of rotatable bonds is 5. The van der Waals surface area contributed by atoms with Crippen LogP contribution in [0.25, 0.3) is 11.8 Å². The number of pyridine rings is 1. The molecule has 0 fully saturated rings. The van der Waals surface area contributed by atoms with Crippen LogP contribution >= 0.6 is 0 Å². The molecule has 1 aromatic heterocycles. The first-order chi connectivity index (χ1) is 11.2. The van der Waals surface area contributed by atoms with E-state index < -0.39 is 5.97 Å². The van der Waals surface area contributed by atoms with E-state index in [0.717, 1.165) is 5.56 Å². The van der Waals surface area contributed by atoms with Crippen molar-refractivity contribution in [1.82, 2.24) is 4.98 Å². The van der Waals surface area contributed by atoms with E-state index in [1.807, 2.05) is 36.4 Å². The Morgan fingerprint density at radius 3 is 2.74 bits per heavy atom. The van der Waals surface area contributed by atoms with Crippen LogP contribution in [0.3, 0.4) is 0 Å². The predicted octanol–water partition coefficient (Wildman–Crippen LogP) is 2.87. The number of ether oxygens (including phenoxy) is 1. The van der Waals surface area contributed by atoms with Crippen LogP contribution in [0.2, 0.25) is 0 Å². The smallest absolute Gasteiger partial charge is 0.310 e. The molecule has 0 aliphatic carbocycles. The van der Waals surface area contributed by atoms with E-state index in [1.165, 1.54) is 13.3 Å². The second-order valence-corrected chi connectivity index (χ2v) is 4.65. The standard InChI is InChI=1S/C18H15N3O2/c1-20-16(13-6-4-3-5-7-13)10-14-8-9-21-17(12-19)15(14)11-18(22)23-2/h3-10H,1,11H2,2H3. The minimum Gasteiger partial charge on any atom is -0.469 e. The highest BCUT2D eigenvalue weighted by Crippen LogP contribution is 2.22. The molecule has 0 atom stereocenters. The van der Waals surface area contributed by atoms with Crippen LogP contribution in [0.15, 0.2) is 47.6 Å². The van der Waals surface area contributed by atoms with Crippen LogP contribution in [0.4, 0.5) is 0 Å². The van der Waals surface area contributed by atoms with Gasteiger partial charge in [-0.25, -0.2) is 4.98 Å². The lowest BCUT2D eigenvalue weighted by Crippen LogP contribution is -2.08. The topological polar surface area (TPSA) is 75.3 Å². The van der Waals surface area contributed by atoms with Crippen molar-refractivity contribution in [1.29, 1.82) is 5.26 Å². The number of hydrogen-bond donors (Lipinski definition) is 0. The largest absolute Gasteiger partial charge is 0.469 e. The van der Waals surface area contributed by atoms with Crippen molar-refractivity contribution in [2.24, 2.45) is 4.99 Å². The van der Waals surface area contributed by atoms with Gasteiger partial charge in [-0.2, -0.15) is 5.26 Å². The van der Waals surface area contributed by atoms with Crippen LogP contribution in [-0.2, 0) is 16.0 Å². The third-order valence-electron chi connectivity index (χ3n) is 3.28. The summed E-state index contributed by atoms with van der Waals surface area (Å²) >= 11 is 0. The van der Waals surface area contributed by atoms with E-state index in [0.29, 0.717) is 16.8 Å². The molecule has 0 unspecified atom stereocenters. The second kappa shape index (κ2) is 7.66. The van der Waals surface area contributed by atoms with Crippen molar-refractivity contribution < 1.29 is 9.53 Å². The summed E-state index contributed by atoms with van der Waals surface area (Å²) in [6, 6.07) is 13.3. The van der Waals surface area contributed by atoms with Crippen LogP contribution in [-0.4, -0.2) is 24.8 Å². The number of hydrogen-bond acceptors (Lipinski definition) is 5. The fraction of sp³-hybridized carbons (Fsp3) is 0.111. The number of benzene rings is 1. The van der Waals surface area contributed by atoms with Crippen LogP contribution in [0.1, 0.15) is 22.4 Å². The van der Waals surface area contributed by atoms with Crippen LogP contribution < -0.4 is 0 Å². The Kier molecular flexibility index (Phi) is 5.37. The highest BCUT2D eigenvalue weighted by atomic mass is 16.5. The van der Waals surface area contributed by atoms with Gasteiger partial charge in [0.2, 0.25) is 0 Å². The summed E-state index contributed by atoms with van der Waals surface area (Å²) in [4.78, 5) is 19.7. The summed E-state index contributed by atoms with van der Waals surface area (Å²) in [6.07, 6.45) is 3.28. The molecular weight excluding hydrogens is 290 g/mol. The van der Waals surface area contributed by atoms with Gasteiger partial charge in [0.15, 0.2) is 0 Å². The molecule has 5 nitrogen and oxygen atoms in total. The zero-order chi connectivity index (χ0) is 16.7. The van der Waals surface area contributed by atoms with E-state index in [2.05, 4.69) is 16.7 Å². The number of carbonyl (C=O) groups excluding carboxylic acids is 1. The maximum atomic E-state index is 11.6. The molecule has 1 heterocycles. The van der Waals surface area contributed by atoms with Crippen molar-refractivity contribution in [3.05, 3.63) is 65.0 Å². The molecule has 23 heavy (non-hydrogen) atoms. The van der Waals surface area contributed by atoms with Gasteiger partial charge in [0.1, 0.15) is 11.8 Å². The lowest BCUT2D eigenvalue weighted by Gasteiger charge is -2.08. The third kappa shape index (κ3) is 3.89. The number of esters is 1. The Bertz CT molecular complexity index is 790. The molecule has 2 aromatic rings. The molecular formula is C18H15N3O2. The number of nitriles is 1. The molecule has 0 aliphatic rings. The van der Waals surface area contributed by atoms with Crippen molar-refractivity contribution in [2.45, 2.75) is 6.42 Å².